The lowest BCUT2D eigenvalue weighted by atomic mass is 9.79. The molecule has 0 bridgehead atoms. The van der Waals surface area contributed by atoms with Crippen molar-refractivity contribution in [3.8, 4) is 10.6 Å². The van der Waals surface area contributed by atoms with Gasteiger partial charge in [-0.1, -0.05) is 17.4 Å². The van der Waals surface area contributed by atoms with Crippen LogP contribution in [0, 0.1) is 11.2 Å². The molecule has 1 aromatic carbocycles. The van der Waals surface area contributed by atoms with Gasteiger partial charge < -0.3 is 21.4 Å². The van der Waals surface area contributed by atoms with Crippen LogP contribution in [-0.4, -0.2) is 40.1 Å². The van der Waals surface area contributed by atoms with Crippen LogP contribution in [0.2, 0.25) is 0 Å². The fourth-order valence-electron chi connectivity index (χ4n) is 4.33. The topological polar surface area (TPSA) is 90.9 Å². The third kappa shape index (κ3) is 5.05. The quantitative estimate of drug-likeness (QED) is 0.615. The Morgan fingerprint density at radius 3 is 2.47 bits per heavy atom. The lowest BCUT2D eigenvalue weighted by Gasteiger charge is -2.48. The highest BCUT2D eigenvalue weighted by molar-refractivity contribution is 7.18. The number of piperidine rings is 1. The number of nitrogens with zero attached hydrogens (tertiary/aromatic N) is 3. The molecule has 0 atom stereocenters. The SMILES string of the molecule is CC(N)=CC(=N)c1ccc(-c2nnc(N(C)C3CC(C)(C)NC(C)(C)C3)s2)c(F)c1. The van der Waals surface area contributed by atoms with Crippen LogP contribution < -0.4 is 16.0 Å². The molecule has 0 spiro atoms. The van der Waals surface area contributed by atoms with Gasteiger partial charge in [0.1, 0.15) is 5.82 Å². The number of nitrogens with two attached hydrogens (primary N) is 1. The Morgan fingerprint density at radius 2 is 1.90 bits per heavy atom. The standard InChI is InChI=1S/C22H31FN6S/c1-13(24)9-18(25)14-7-8-16(17(23)10-14)19-26-27-20(30-19)29(6)15-11-21(2,3)28-22(4,5)12-15/h7-10,15,25,28H,11-12,24H2,1-6H3. The van der Waals surface area contributed by atoms with E-state index in [1.807, 2.05) is 7.05 Å². The Kier molecular flexibility index (Phi) is 6.02. The second kappa shape index (κ2) is 8.07. The summed E-state index contributed by atoms with van der Waals surface area (Å²) in [5, 5.41) is 21.6. The van der Waals surface area contributed by atoms with E-state index in [1.54, 1.807) is 19.1 Å². The van der Waals surface area contributed by atoms with Gasteiger partial charge >= 0.3 is 0 Å². The van der Waals surface area contributed by atoms with E-state index in [9.17, 15) is 4.39 Å². The molecule has 30 heavy (non-hydrogen) atoms. The Labute approximate surface area is 181 Å². The first-order chi connectivity index (χ1) is 13.9. The zero-order chi connectivity index (χ0) is 22.3. The molecule has 6 nitrogen and oxygen atoms in total. The van der Waals surface area contributed by atoms with Crippen LogP contribution >= 0.6 is 11.3 Å². The van der Waals surface area contributed by atoms with Crippen LogP contribution in [0.4, 0.5) is 9.52 Å². The van der Waals surface area contributed by atoms with E-state index in [0.717, 1.165) is 18.0 Å². The van der Waals surface area contributed by atoms with Gasteiger partial charge in [-0.3, -0.25) is 0 Å². The Hall–Kier alpha value is -2.32. The molecule has 4 N–H and O–H groups in total. The van der Waals surface area contributed by atoms with Gasteiger partial charge in [-0.2, -0.15) is 0 Å². The number of rotatable bonds is 5. The number of halogens is 1. The highest BCUT2D eigenvalue weighted by Crippen LogP contribution is 2.36. The summed E-state index contributed by atoms with van der Waals surface area (Å²) >= 11 is 1.38. The summed E-state index contributed by atoms with van der Waals surface area (Å²) in [5.41, 5.74) is 7.21. The van der Waals surface area contributed by atoms with Crippen LogP contribution in [-0.2, 0) is 0 Å². The maximum absolute atomic E-state index is 14.8. The largest absolute Gasteiger partial charge is 0.402 e. The predicted octanol–water partition coefficient (Wildman–Crippen LogP) is 4.32. The molecular weight excluding hydrogens is 399 g/mol. The van der Waals surface area contributed by atoms with E-state index in [1.165, 1.54) is 23.5 Å². The molecule has 0 aliphatic carbocycles. The number of hydrogen-bond donors (Lipinski definition) is 3. The number of allylic oxidation sites excluding steroid dienone is 2. The molecule has 1 aliphatic heterocycles. The summed E-state index contributed by atoms with van der Waals surface area (Å²) in [6, 6.07) is 5.03. The zero-order valence-corrected chi connectivity index (χ0v) is 19.3. The van der Waals surface area contributed by atoms with Gasteiger partial charge in [-0.25, -0.2) is 4.39 Å². The minimum Gasteiger partial charge on any atom is -0.402 e. The van der Waals surface area contributed by atoms with Gasteiger partial charge in [0.25, 0.3) is 0 Å². The lowest BCUT2D eigenvalue weighted by molar-refractivity contribution is 0.161. The molecule has 162 valence electrons. The van der Waals surface area contributed by atoms with Crippen molar-refractivity contribution in [3.63, 3.8) is 0 Å². The van der Waals surface area contributed by atoms with Crippen molar-refractivity contribution < 1.29 is 4.39 Å². The first-order valence-corrected chi connectivity index (χ1v) is 10.9. The van der Waals surface area contributed by atoms with Gasteiger partial charge in [0, 0.05) is 41.0 Å². The molecule has 2 heterocycles. The van der Waals surface area contributed by atoms with Gasteiger partial charge in [0.2, 0.25) is 5.13 Å². The van der Waals surface area contributed by atoms with Crippen LogP contribution in [0.1, 0.15) is 53.0 Å². The Balaban J connectivity index is 1.82. The van der Waals surface area contributed by atoms with Crippen molar-refractivity contribution in [2.75, 3.05) is 11.9 Å². The summed E-state index contributed by atoms with van der Waals surface area (Å²) in [6.07, 6.45) is 3.48. The molecule has 1 fully saturated rings. The average molecular weight is 431 g/mol. The number of benzene rings is 1. The summed E-state index contributed by atoms with van der Waals surface area (Å²) in [7, 11) is 2.04. The monoisotopic (exact) mass is 430 g/mol. The van der Waals surface area contributed by atoms with Crippen LogP contribution in [0.5, 0.6) is 0 Å². The van der Waals surface area contributed by atoms with Gasteiger partial charge in [0.15, 0.2) is 5.01 Å². The van der Waals surface area contributed by atoms with Crippen molar-refractivity contribution >= 4 is 22.2 Å². The molecular formula is C22H31FN6S. The fraction of sp³-hybridized carbons (Fsp3) is 0.500. The fourth-order valence-corrected chi connectivity index (χ4v) is 5.24. The van der Waals surface area contributed by atoms with Crippen molar-refractivity contribution in [1.82, 2.24) is 15.5 Å². The van der Waals surface area contributed by atoms with Gasteiger partial charge in [-0.15, -0.1) is 10.2 Å². The maximum Gasteiger partial charge on any atom is 0.208 e. The highest BCUT2D eigenvalue weighted by Gasteiger charge is 2.39. The summed E-state index contributed by atoms with van der Waals surface area (Å²) in [5.74, 6) is -0.421. The minimum atomic E-state index is -0.421. The number of nitrogens with one attached hydrogen (secondary N) is 2. The van der Waals surface area contributed by atoms with Crippen molar-refractivity contribution in [2.45, 2.75) is 64.6 Å². The average Bonchev–Trinajstić information content (AvgIpc) is 3.07. The molecule has 2 aromatic rings. The smallest absolute Gasteiger partial charge is 0.208 e. The molecule has 8 heteroatoms. The second-order valence-corrected chi connectivity index (χ2v) is 10.4. The van der Waals surface area contributed by atoms with Gasteiger partial charge in [-0.05, 0) is 65.7 Å². The normalized spacial score (nSPS) is 19.0. The third-order valence-electron chi connectivity index (χ3n) is 5.31. The molecule has 1 aliphatic rings. The van der Waals surface area contributed by atoms with Crippen molar-refractivity contribution in [3.05, 3.63) is 41.4 Å². The van der Waals surface area contributed by atoms with E-state index < -0.39 is 5.82 Å². The second-order valence-electron chi connectivity index (χ2n) is 9.45. The number of hydrogen-bond acceptors (Lipinski definition) is 7. The first-order valence-electron chi connectivity index (χ1n) is 10.1. The molecule has 0 radical (unpaired) electrons. The van der Waals surface area contributed by atoms with E-state index in [0.29, 0.717) is 27.9 Å². The molecule has 1 aromatic heterocycles. The molecule has 0 amide bonds. The molecule has 3 rings (SSSR count). The van der Waals surface area contributed by atoms with E-state index in [-0.39, 0.29) is 16.8 Å². The molecule has 1 saturated heterocycles. The third-order valence-corrected chi connectivity index (χ3v) is 6.36. The van der Waals surface area contributed by atoms with Crippen molar-refractivity contribution in [2.24, 2.45) is 5.73 Å². The molecule has 0 unspecified atom stereocenters. The number of aromatic nitrogens is 2. The van der Waals surface area contributed by atoms with Crippen LogP contribution in [0.15, 0.2) is 30.0 Å². The Bertz CT molecular complexity index is 958. The summed E-state index contributed by atoms with van der Waals surface area (Å²) in [4.78, 5) is 2.17. The van der Waals surface area contributed by atoms with Crippen molar-refractivity contribution in [1.29, 1.82) is 5.41 Å². The van der Waals surface area contributed by atoms with Crippen LogP contribution in [0.25, 0.3) is 10.6 Å². The van der Waals surface area contributed by atoms with Crippen LogP contribution in [0.3, 0.4) is 0 Å². The van der Waals surface area contributed by atoms with E-state index in [2.05, 4.69) is 48.1 Å². The maximum atomic E-state index is 14.8. The summed E-state index contributed by atoms with van der Waals surface area (Å²) in [6.45, 7) is 10.6. The molecule has 0 saturated carbocycles. The minimum absolute atomic E-state index is 0.0247. The summed E-state index contributed by atoms with van der Waals surface area (Å²) < 4.78 is 14.8. The lowest BCUT2D eigenvalue weighted by Crippen LogP contribution is -2.61. The van der Waals surface area contributed by atoms with E-state index >= 15 is 0 Å². The highest BCUT2D eigenvalue weighted by atomic mass is 32.1. The first kappa shape index (κ1) is 22.4. The zero-order valence-electron chi connectivity index (χ0n) is 18.5. The van der Waals surface area contributed by atoms with E-state index in [4.69, 9.17) is 11.1 Å². The Morgan fingerprint density at radius 1 is 1.27 bits per heavy atom. The predicted molar refractivity (Wildman–Crippen MR) is 123 cm³/mol. The number of anilines is 1. The van der Waals surface area contributed by atoms with Gasteiger partial charge in [0.05, 0.1) is 5.71 Å².